The third-order valence-corrected chi connectivity index (χ3v) is 9.32. The van der Waals surface area contributed by atoms with Crippen molar-refractivity contribution >= 4 is 39.4 Å². The number of carboxylic acid groups (broad SMARTS) is 1. The fourth-order valence-electron chi connectivity index (χ4n) is 6.37. The van der Waals surface area contributed by atoms with Gasteiger partial charge in [-0.3, -0.25) is 9.59 Å². The van der Waals surface area contributed by atoms with Crippen molar-refractivity contribution in [1.29, 1.82) is 0 Å². The van der Waals surface area contributed by atoms with Gasteiger partial charge >= 0.3 is 5.97 Å². The van der Waals surface area contributed by atoms with Crippen LogP contribution in [0.25, 0.3) is 0 Å². The zero-order valence-corrected chi connectivity index (χ0v) is 25.4. The Labute approximate surface area is 256 Å². The maximum absolute atomic E-state index is 14.3. The molecule has 5 rings (SSSR count). The van der Waals surface area contributed by atoms with Gasteiger partial charge in [-0.2, -0.15) is 0 Å². The highest BCUT2D eigenvalue weighted by Gasteiger charge is 2.49. The van der Waals surface area contributed by atoms with E-state index in [1.165, 1.54) is 12.1 Å². The van der Waals surface area contributed by atoms with Crippen LogP contribution >= 0.6 is 11.6 Å². The first kappa shape index (κ1) is 30.7. The summed E-state index contributed by atoms with van der Waals surface area (Å²) in [5, 5.41) is 12.9. The monoisotopic (exact) mass is 623 g/mol. The number of hydrogen-bond acceptors (Lipinski definition) is 5. The standard InChI is InChI=1S/C32H34ClN3O6S/c1-19(20-11-13-22(14-12-20)32(39)40)34-30(37)28-24-7-3-4-8-25(24)31(38)36(29(28)21-15-17-23(33)18-16-21)27-10-6-5-9-26(27)35-43(2,41)42/h3-4,7-8,11-19,26-29,35H,5-6,9-10H2,1-2H3,(H,34,37)(H,39,40)/t19?,26-,27-,28+,29-/m0/s1. The van der Waals surface area contributed by atoms with Gasteiger partial charge in [-0.15, -0.1) is 0 Å². The van der Waals surface area contributed by atoms with Crippen molar-refractivity contribution in [3.05, 3.63) is 106 Å². The Balaban J connectivity index is 1.60. The van der Waals surface area contributed by atoms with Crippen LogP contribution in [0.3, 0.4) is 0 Å². The minimum Gasteiger partial charge on any atom is -0.478 e. The van der Waals surface area contributed by atoms with Crippen LogP contribution in [-0.4, -0.2) is 54.5 Å². The molecule has 3 N–H and O–H groups in total. The molecule has 5 atom stereocenters. The summed E-state index contributed by atoms with van der Waals surface area (Å²) in [5.41, 5.74) is 2.55. The van der Waals surface area contributed by atoms with Crippen LogP contribution < -0.4 is 10.0 Å². The first-order chi connectivity index (χ1) is 20.4. The van der Waals surface area contributed by atoms with Crippen molar-refractivity contribution in [2.45, 2.75) is 62.7 Å². The number of carbonyl (C=O) groups is 3. The molecule has 1 aliphatic heterocycles. The smallest absolute Gasteiger partial charge is 0.335 e. The number of aromatic carboxylic acids is 1. The Morgan fingerprint density at radius 3 is 2.28 bits per heavy atom. The quantitative estimate of drug-likeness (QED) is 0.321. The third kappa shape index (κ3) is 6.61. The topological polar surface area (TPSA) is 133 Å². The lowest BCUT2D eigenvalue weighted by Crippen LogP contribution is -2.59. The van der Waals surface area contributed by atoms with Gasteiger partial charge in [-0.1, -0.05) is 66.9 Å². The molecule has 1 heterocycles. The van der Waals surface area contributed by atoms with Gasteiger partial charge in [0.25, 0.3) is 5.91 Å². The molecule has 1 fully saturated rings. The van der Waals surface area contributed by atoms with Crippen LogP contribution in [0.1, 0.15) is 88.0 Å². The molecular formula is C32H34ClN3O6S. The molecule has 3 aromatic carbocycles. The Morgan fingerprint density at radius 1 is 0.977 bits per heavy atom. The molecule has 2 amide bonds. The van der Waals surface area contributed by atoms with E-state index in [0.717, 1.165) is 24.7 Å². The van der Waals surface area contributed by atoms with E-state index in [2.05, 4.69) is 10.0 Å². The summed E-state index contributed by atoms with van der Waals surface area (Å²) in [4.78, 5) is 41.7. The van der Waals surface area contributed by atoms with Crippen LogP contribution in [0.5, 0.6) is 0 Å². The maximum atomic E-state index is 14.3. The Bertz CT molecular complexity index is 1630. The van der Waals surface area contributed by atoms with Crippen LogP contribution in [0.4, 0.5) is 0 Å². The van der Waals surface area contributed by atoms with Gasteiger partial charge in [0, 0.05) is 22.7 Å². The molecule has 2 aliphatic rings. The number of halogens is 1. The minimum absolute atomic E-state index is 0.144. The number of nitrogens with one attached hydrogen (secondary N) is 2. The average molecular weight is 624 g/mol. The summed E-state index contributed by atoms with van der Waals surface area (Å²) in [6.45, 7) is 1.82. The first-order valence-corrected chi connectivity index (χ1v) is 16.5. The Morgan fingerprint density at radius 2 is 1.63 bits per heavy atom. The normalized spacial score (nSPS) is 22.9. The predicted molar refractivity (Wildman–Crippen MR) is 164 cm³/mol. The fraction of sp³-hybridized carbons (Fsp3) is 0.344. The molecule has 1 aliphatic carbocycles. The van der Waals surface area contributed by atoms with E-state index in [0.29, 0.717) is 34.6 Å². The van der Waals surface area contributed by atoms with E-state index in [1.54, 1.807) is 65.6 Å². The molecule has 1 saturated carbocycles. The molecule has 226 valence electrons. The van der Waals surface area contributed by atoms with E-state index >= 15 is 0 Å². The number of benzene rings is 3. The summed E-state index contributed by atoms with van der Waals surface area (Å²) >= 11 is 6.23. The van der Waals surface area contributed by atoms with Gasteiger partial charge in [-0.05, 0) is 66.8 Å². The zero-order valence-electron chi connectivity index (χ0n) is 23.9. The van der Waals surface area contributed by atoms with Crippen LogP contribution in [0, 0.1) is 0 Å². The SMILES string of the molecule is CC(NC(=O)[C@@H]1c2ccccc2C(=O)N([C@H]2CCCC[C@@H]2NS(C)(=O)=O)[C@H]1c1ccc(Cl)cc1)c1ccc(C(=O)O)cc1. The lowest BCUT2D eigenvalue weighted by molar-refractivity contribution is -0.125. The van der Waals surface area contributed by atoms with Gasteiger partial charge in [0.05, 0.1) is 29.8 Å². The number of carboxylic acids is 1. The van der Waals surface area contributed by atoms with Gasteiger partial charge in [0.15, 0.2) is 0 Å². The van der Waals surface area contributed by atoms with Gasteiger partial charge in [-0.25, -0.2) is 17.9 Å². The largest absolute Gasteiger partial charge is 0.478 e. The number of fused-ring (bicyclic) bond motifs is 1. The Hall–Kier alpha value is -3.73. The molecular weight excluding hydrogens is 590 g/mol. The number of sulfonamides is 1. The predicted octanol–water partition coefficient (Wildman–Crippen LogP) is 5.06. The number of rotatable bonds is 8. The number of hydrogen-bond donors (Lipinski definition) is 3. The van der Waals surface area contributed by atoms with Gasteiger partial charge in [0.1, 0.15) is 0 Å². The summed E-state index contributed by atoms with van der Waals surface area (Å²) in [6, 6.07) is 18.2. The molecule has 0 spiro atoms. The minimum atomic E-state index is -3.57. The first-order valence-electron chi connectivity index (χ1n) is 14.2. The summed E-state index contributed by atoms with van der Waals surface area (Å²) in [5.74, 6) is -2.44. The molecule has 0 radical (unpaired) electrons. The number of amides is 2. The van der Waals surface area contributed by atoms with Gasteiger partial charge < -0.3 is 15.3 Å². The lowest BCUT2D eigenvalue weighted by Gasteiger charge is -2.49. The van der Waals surface area contributed by atoms with Crippen LogP contribution in [0.2, 0.25) is 5.02 Å². The van der Waals surface area contributed by atoms with Crippen molar-refractivity contribution < 1.29 is 27.9 Å². The molecule has 0 saturated heterocycles. The van der Waals surface area contributed by atoms with Crippen molar-refractivity contribution in [2.24, 2.45) is 0 Å². The molecule has 11 heteroatoms. The van der Waals surface area contributed by atoms with E-state index < -0.39 is 46.1 Å². The van der Waals surface area contributed by atoms with Crippen molar-refractivity contribution in [3.63, 3.8) is 0 Å². The Kier molecular flexibility index (Phi) is 8.91. The second-order valence-electron chi connectivity index (χ2n) is 11.3. The highest BCUT2D eigenvalue weighted by atomic mass is 35.5. The van der Waals surface area contributed by atoms with Crippen LogP contribution in [0.15, 0.2) is 72.8 Å². The van der Waals surface area contributed by atoms with Crippen molar-refractivity contribution in [3.8, 4) is 0 Å². The van der Waals surface area contributed by atoms with E-state index in [9.17, 15) is 27.9 Å². The molecule has 1 unspecified atom stereocenters. The van der Waals surface area contributed by atoms with Crippen molar-refractivity contribution in [2.75, 3.05) is 6.26 Å². The van der Waals surface area contributed by atoms with Crippen LogP contribution in [-0.2, 0) is 14.8 Å². The molecule has 3 aromatic rings. The van der Waals surface area contributed by atoms with Crippen molar-refractivity contribution in [1.82, 2.24) is 14.9 Å². The number of nitrogens with zero attached hydrogens (tertiary/aromatic N) is 1. The fourth-order valence-corrected chi connectivity index (χ4v) is 7.32. The second-order valence-corrected chi connectivity index (χ2v) is 13.5. The molecule has 9 nitrogen and oxygen atoms in total. The summed E-state index contributed by atoms with van der Waals surface area (Å²) in [7, 11) is -3.57. The van der Waals surface area contributed by atoms with E-state index in [4.69, 9.17) is 11.6 Å². The molecule has 43 heavy (non-hydrogen) atoms. The molecule has 0 bridgehead atoms. The zero-order chi connectivity index (χ0) is 30.9. The maximum Gasteiger partial charge on any atom is 0.335 e. The lowest BCUT2D eigenvalue weighted by atomic mass is 9.76. The average Bonchev–Trinajstić information content (AvgIpc) is 2.97. The highest BCUT2D eigenvalue weighted by molar-refractivity contribution is 7.88. The summed E-state index contributed by atoms with van der Waals surface area (Å²) < 4.78 is 27.5. The van der Waals surface area contributed by atoms with E-state index in [-0.39, 0.29) is 17.4 Å². The molecule has 0 aromatic heterocycles. The highest BCUT2D eigenvalue weighted by Crippen LogP contribution is 2.46. The van der Waals surface area contributed by atoms with Gasteiger partial charge in [0.2, 0.25) is 15.9 Å². The second kappa shape index (κ2) is 12.5. The summed E-state index contributed by atoms with van der Waals surface area (Å²) in [6.07, 6.45) is 3.88. The number of carbonyl (C=O) groups excluding carboxylic acids is 2. The van der Waals surface area contributed by atoms with E-state index in [1.807, 2.05) is 6.92 Å². The third-order valence-electron chi connectivity index (χ3n) is 8.34.